The number of aryl methyl sites for hydroxylation is 1. The van der Waals surface area contributed by atoms with Gasteiger partial charge in [0.25, 0.3) is 0 Å². The first kappa shape index (κ1) is 13.3. The van der Waals surface area contributed by atoms with E-state index in [2.05, 4.69) is 29.7 Å². The lowest BCUT2D eigenvalue weighted by Crippen LogP contribution is -2.35. The molecular formula is C14H20N2OS. The predicted molar refractivity (Wildman–Crippen MR) is 78.9 cm³/mol. The van der Waals surface area contributed by atoms with Gasteiger partial charge in [0.15, 0.2) is 5.11 Å². The molecular weight excluding hydrogens is 244 g/mol. The monoisotopic (exact) mass is 264 g/mol. The molecule has 0 amide bonds. The number of rotatable bonds is 3. The molecule has 1 heterocycles. The quantitative estimate of drug-likeness (QED) is 0.823. The molecule has 0 aromatic heterocycles. The van der Waals surface area contributed by atoms with Gasteiger partial charge in [-0.2, -0.15) is 0 Å². The maximum Gasteiger partial charge on any atom is 0.170 e. The summed E-state index contributed by atoms with van der Waals surface area (Å²) in [7, 11) is 0. The summed E-state index contributed by atoms with van der Waals surface area (Å²) in [4.78, 5) is 0. The minimum atomic E-state index is 0.580. The van der Waals surface area contributed by atoms with Crippen molar-refractivity contribution in [3.05, 3.63) is 29.8 Å². The number of benzene rings is 1. The number of thiocarbonyl (C=S) groups is 1. The highest BCUT2D eigenvalue weighted by atomic mass is 32.1. The standard InChI is InChI=1S/C14H20N2OS/c1-11-4-6-13(7-5-11)16-14(18)15-9-12-3-2-8-17-10-12/h4-7,12H,2-3,8-10H2,1H3,(H2,15,16,18). The Morgan fingerprint density at radius 2 is 2.17 bits per heavy atom. The summed E-state index contributed by atoms with van der Waals surface area (Å²) in [5, 5.41) is 7.13. The zero-order valence-corrected chi connectivity index (χ0v) is 11.6. The molecule has 1 aromatic rings. The lowest BCUT2D eigenvalue weighted by molar-refractivity contribution is 0.0565. The Balaban J connectivity index is 1.73. The van der Waals surface area contributed by atoms with Crippen molar-refractivity contribution in [2.24, 2.45) is 5.92 Å². The smallest absolute Gasteiger partial charge is 0.170 e. The van der Waals surface area contributed by atoms with E-state index in [1.165, 1.54) is 12.0 Å². The van der Waals surface area contributed by atoms with Gasteiger partial charge in [0.05, 0.1) is 6.61 Å². The van der Waals surface area contributed by atoms with Crippen molar-refractivity contribution in [2.45, 2.75) is 19.8 Å². The van der Waals surface area contributed by atoms with Crippen LogP contribution in [-0.4, -0.2) is 24.9 Å². The molecule has 1 saturated heterocycles. The van der Waals surface area contributed by atoms with E-state index >= 15 is 0 Å². The van der Waals surface area contributed by atoms with Crippen molar-refractivity contribution < 1.29 is 4.74 Å². The zero-order chi connectivity index (χ0) is 12.8. The summed E-state index contributed by atoms with van der Waals surface area (Å²) in [6, 6.07) is 8.21. The van der Waals surface area contributed by atoms with Gasteiger partial charge in [-0.05, 0) is 50.0 Å². The van der Waals surface area contributed by atoms with Crippen LogP contribution in [0.25, 0.3) is 0 Å². The first-order valence-corrected chi connectivity index (χ1v) is 6.84. The van der Waals surface area contributed by atoms with Crippen molar-refractivity contribution in [3.63, 3.8) is 0 Å². The summed E-state index contributed by atoms with van der Waals surface area (Å²) in [6.07, 6.45) is 2.38. The molecule has 1 aliphatic rings. The fraction of sp³-hybridized carbons (Fsp3) is 0.500. The van der Waals surface area contributed by atoms with Crippen molar-refractivity contribution in [1.82, 2.24) is 5.32 Å². The SMILES string of the molecule is Cc1ccc(NC(=S)NCC2CCCOC2)cc1. The highest BCUT2D eigenvalue weighted by Crippen LogP contribution is 2.12. The second-order valence-electron chi connectivity index (χ2n) is 4.78. The molecule has 1 fully saturated rings. The largest absolute Gasteiger partial charge is 0.381 e. The van der Waals surface area contributed by atoms with Crippen LogP contribution in [0.2, 0.25) is 0 Å². The summed E-state index contributed by atoms with van der Waals surface area (Å²) in [6.45, 7) is 4.71. The summed E-state index contributed by atoms with van der Waals surface area (Å²) < 4.78 is 5.44. The number of ether oxygens (including phenoxy) is 1. The van der Waals surface area contributed by atoms with E-state index in [0.717, 1.165) is 31.9 Å². The van der Waals surface area contributed by atoms with E-state index in [9.17, 15) is 0 Å². The Labute approximate surface area is 114 Å². The Bertz CT molecular complexity index is 385. The van der Waals surface area contributed by atoms with Crippen LogP contribution in [0.1, 0.15) is 18.4 Å². The fourth-order valence-electron chi connectivity index (χ4n) is 2.02. The van der Waals surface area contributed by atoms with Gasteiger partial charge in [-0.15, -0.1) is 0 Å². The average Bonchev–Trinajstić information content (AvgIpc) is 2.40. The number of nitrogens with one attached hydrogen (secondary N) is 2. The lowest BCUT2D eigenvalue weighted by Gasteiger charge is -2.23. The van der Waals surface area contributed by atoms with E-state index in [-0.39, 0.29) is 0 Å². The average molecular weight is 264 g/mol. The molecule has 98 valence electrons. The maximum absolute atomic E-state index is 5.44. The van der Waals surface area contributed by atoms with Crippen LogP contribution in [0, 0.1) is 12.8 Å². The molecule has 0 bridgehead atoms. The highest BCUT2D eigenvalue weighted by molar-refractivity contribution is 7.80. The number of hydrogen-bond donors (Lipinski definition) is 2. The van der Waals surface area contributed by atoms with Crippen LogP contribution in [0.15, 0.2) is 24.3 Å². The molecule has 1 atom stereocenters. The molecule has 1 aliphatic heterocycles. The van der Waals surface area contributed by atoms with E-state index in [1.807, 2.05) is 12.1 Å². The van der Waals surface area contributed by atoms with E-state index in [0.29, 0.717) is 11.0 Å². The zero-order valence-electron chi connectivity index (χ0n) is 10.7. The molecule has 1 unspecified atom stereocenters. The predicted octanol–water partition coefficient (Wildman–Crippen LogP) is 2.71. The van der Waals surface area contributed by atoms with Gasteiger partial charge in [0, 0.05) is 18.8 Å². The highest BCUT2D eigenvalue weighted by Gasteiger charge is 2.13. The molecule has 0 radical (unpaired) electrons. The Hall–Kier alpha value is -1.13. The van der Waals surface area contributed by atoms with Gasteiger partial charge in [-0.25, -0.2) is 0 Å². The van der Waals surface area contributed by atoms with Gasteiger partial charge in [0.1, 0.15) is 0 Å². The van der Waals surface area contributed by atoms with Crippen LogP contribution in [0.3, 0.4) is 0 Å². The number of anilines is 1. The van der Waals surface area contributed by atoms with Crippen LogP contribution in [0.5, 0.6) is 0 Å². The Morgan fingerprint density at radius 3 is 2.83 bits per heavy atom. The van der Waals surface area contributed by atoms with Gasteiger partial charge in [0.2, 0.25) is 0 Å². The molecule has 0 spiro atoms. The molecule has 0 aliphatic carbocycles. The number of hydrogen-bond acceptors (Lipinski definition) is 2. The van der Waals surface area contributed by atoms with Gasteiger partial charge < -0.3 is 15.4 Å². The third kappa shape index (κ3) is 4.27. The van der Waals surface area contributed by atoms with E-state index < -0.39 is 0 Å². The fourth-order valence-corrected chi connectivity index (χ4v) is 2.22. The van der Waals surface area contributed by atoms with Gasteiger partial charge in [-0.3, -0.25) is 0 Å². The van der Waals surface area contributed by atoms with Crippen LogP contribution in [0.4, 0.5) is 5.69 Å². The Morgan fingerprint density at radius 1 is 1.39 bits per heavy atom. The third-order valence-electron chi connectivity index (χ3n) is 3.12. The molecule has 2 N–H and O–H groups in total. The first-order chi connectivity index (χ1) is 8.74. The molecule has 2 rings (SSSR count). The summed E-state index contributed by atoms with van der Waals surface area (Å²) in [5.41, 5.74) is 2.27. The lowest BCUT2D eigenvalue weighted by atomic mass is 10.0. The van der Waals surface area contributed by atoms with E-state index in [4.69, 9.17) is 17.0 Å². The Kier molecular flexibility index (Phi) is 4.96. The van der Waals surface area contributed by atoms with Gasteiger partial charge in [-0.1, -0.05) is 17.7 Å². The molecule has 0 saturated carbocycles. The first-order valence-electron chi connectivity index (χ1n) is 6.43. The molecule has 1 aromatic carbocycles. The van der Waals surface area contributed by atoms with Gasteiger partial charge >= 0.3 is 0 Å². The maximum atomic E-state index is 5.44. The molecule has 4 heteroatoms. The second kappa shape index (κ2) is 6.71. The second-order valence-corrected chi connectivity index (χ2v) is 5.19. The van der Waals surface area contributed by atoms with Crippen molar-refractivity contribution in [1.29, 1.82) is 0 Å². The summed E-state index contributed by atoms with van der Waals surface area (Å²) in [5.74, 6) is 0.580. The van der Waals surface area contributed by atoms with E-state index in [1.54, 1.807) is 0 Å². The van der Waals surface area contributed by atoms with Crippen LogP contribution in [-0.2, 0) is 4.74 Å². The topological polar surface area (TPSA) is 33.3 Å². The van der Waals surface area contributed by atoms with Crippen molar-refractivity contribution in [2.75, 3.05) is 25.1 Å². The van der Waals surface area contributed by atoms with Crippen molar-refractivity contribution >= 4 is 23.0 Å². The molecule has 3 nitrogen and oxygen atoms in total. The summed E-state index contributed by atoms with van der Waals surface area (Å²) >= 11 is 5.27. The van der Waals surface area contributed by atoms with Crippen LogP contribution < -0.4 is 10.6 Å². The minimum Gasteiger partial charge on any atom is -0.381 e. The normalized spacial score (nSPS) is 19.3. The van der Waals surface area contributed by atoms with Crippen LogP contribution >= 0.6 is 12.2 Å². The van der Waals surface area contributed by atoms with Crippen molar-refractivity contribution in [3.8, 4) is 0 Å². The third-order valence-corrected chi connectivity index (χ3v) is 3.36. The minimum absolute atomic E-state index is 0.580. The molecule has 18 heavy (non-hydrogen) atoms.